The van der Waals surface area contributed by atoms with Crippen LogP contribution in [0.25, 0.3) is 0 Å². The largest absolute Gasteiger partial charge is 0.454 e. The van der Waals surface area contributed by atoms with Gasteiger partial charge in [-0.05, 0) is 31.0 Å². The topological polar surface area (TPSA) is 64.7 Å². The van der Waals surface area contributed by atoms with Gasteiger partial charge in [0.15, 0.2) is 11.5 Å². The minimum atomic E-state index is -0.519. The molecule has 0 aliphatic carbocycles. The van der Waals surface area contributed by atoms with Crippen LogP contribution in [0.15, 0.2) is 12.1 Å². The molecule has 0 fully saturated rings. The third-order valence-corrected chi connectivity index (χ3v) is 2.83. The zero-order valence-corrected chi connectivity index (χ0v) is 9.40. The lowest BCUT2D eigenvalue weighted by molar-refractivity contribution is 0.166. The van der Waals surface area contributed by atoms with Crippen LogP contribution in [0.5, 0.6) is 11.5 Å². The smallest absolute Gasteiger partial charge is 0.231 e. The molecular formula is C12H17NO3. The molecular weight excluding hydrogens is 206 g/mol. The van der Waals surface area contributed by atoms with Crippen molar-refractivity contribution in [3.8, 4) is 11.5 Å². The molecule has 0 bridgehead atoms. The highest BCUT2D eigenvalue weighted by Gasteiger charge is 2.22. The molecule has 1 heterocycles. The average molecular weight is 223 g/mol. The summed E-state index contributed by atoms with van der Waals surface area (Å²) in [7, 11) is 0. The summed E-state index contributed by atoms with van der Waals surface area (Å²) in [5.41, 5.74) is 7.38. The van der Waals surface area contributed by atoms with Crippen LogP contribution in [0.1, 0.15) is 30.6 Å². The first-order valence-corrected chi connectivity index (χ1v) is 5.57. The summed E-state index contributed by atoms with van der Waals surface area (Å²) in [6, 6.07) is 3.74. The highest BCUT2D eigenvalue weighted by atomic mass is 16.7. The van der Waals surface area contributed by atoms with E-state index < -0.39 is 6.10 Å². The first-order chi connectivity index (χ1) is 7.77. The van der Waals surface area contributed by atoms with Gasteiger partial charge in [-0.25, -0.2) is 0 Å². The third kappa shape index (κ3) is 1.86. The van der Waals surface area contributed by atoms with E-state index in [0.29, 0.717) is 13.0 Å². The Labute approximate surface area is 95.0 Å². The molecule has 16 heavy (non-hydrogen) atoms. The van der Waals surface area contributed by atoms with Gasteiger partial charge in [-0.2, -0.15) is 0 Å². The van der Waals surface area contributed by atoms with Crippen molar-refractivity contribution >= 4 is 0 Å². The van der Waals surface area contributed by atoms with Gasteiger partial charge in [-0.15, -0.1) is 0 Å². The van der Waals surface area contributed by atoms with Gasteiger partial charge in [0.25, 0.3) is 0 Å². The molecule has 0 amide bonds. The summed E-state index contributed by atoms with van der Waals surface area (Å²) in [4.78, 5) is 0. The lowest BCUT2D eigenvalue weighted by Gasteiger charge is -2.15. The van der Waals surface area contributed by atoms with Crippen LogP contribution in [-0.2, 0) is 6.42 Å². The second kappa shape index (κ2) is 4.72. The van der Waals surface area contributed by atoms with Crippen LogP contribution in [0, 0.1) is 0 Å². The monoisotopic (exact) mass is 223 g/mol. The maximum absolute atomic E-state index is 9.99. The molecule has 2 rings (SSSR count). The first kappa shape index (κ1) is 11.2. The Bertz CT molecular complexity index is 379. The van der Waals surface area contributed by atoms with E-state index in [0.717, 1.165) is 29.0 Å². The number of benzene rings is 1. The average Bonchev–Trinajstić information content (AvgIpc) is 2.75. The fourth-order valence-electron chi connectivity index (χ4n) is 2.04. The Morgan fingerprint density at radius 3 is 2.94 bits per heavy atom. The number of aliphatic hydroxyl groups excluding tert-OH is 1. The summed E-state index contributed by atoms with van der Waals surface area (Å²) in [6.45, 7) is 2.77. The van der Waals surface area contributed by atoms with E-state index in [1.165, 1.54) is 0 Å². The minimum absolute atomic E-state index is 0.263. The summed E-state index contributed by atoms with van der Waals surface area (Å²) in [5, 5.41) is 9.99. The molecule has 1 unspecified atom stereocenters. The number of rotatable bonds is 4. The van der Waals surface area contributed by atoms with E-state index in [1.807, 2.05) is 19.1 Å². The number of hydrogen-bond donors (Lipinski definition) is 2. The van der Waals surface area contributed by atoms with E-state index in [2.05, 4.69) is 0 Å². The molecule has 1 aliphatic rings. The molecule has 4 heteroatoms. The van der Waals surface area contributed by atoms with E-state index in [1.54, 1.807) is 0 Å². The van der Waals surface area contributed by atoms with Crippen molar-refractivity contribution in [3.05, 3.63) is 23.3 Å². The number of hydrogen-bond acceptors (Lipinski definition) is 4. The van der Waals surface area contributed by atoms with Crippen LogP contribution in [0.4, 0.5) is 0 Å². The second-order valence-electron chi connectivity index (χ2n) is 3.81. The van der Waals surface area contributed by atoms with E-state index >= 15 is 0 Å². The standard InChI is InChI=1S/C12H17NO3/c1-2-8-9(10(14)5-6-13)3-4-11-12(8)16-7-15-11/h3-4,10,14H,2,5-7,13H2,1H3. The summed E-state index contributed by atoms with van der Waals surface area (Å²) < 4.78 is 10.7. The first-order valence-electron chi connectivity index (χ1n) is 5.57. The fourth-order valence-corrected chi connectivity index (χ4v) is 2.04. The minimum Gasteiger partial charge on any atom is -0.454 e. The Balaban J connectivity index is 2.38. The molecule has 1 atom stereocenters. The van der Waals surface area contributed by atoms with Crippen LogP contribution < -0.4 is 15.2 Å². The molecule has 88 valence electrons. The maximum atomic E-state index is 9.99. The molecule has 1 aromatic carbocycles. The van der Waals surface area contributed by atoms with E-state index in [9.17, 15) is 5.11 Å². The Morgan fingerprint density at radius 2 is 2.25 bits per heavy atom. The Morgan fingerprint density at radius 1 is 1.44 bits per heavy atom. The van der Waals surface area contributed by atoms with Crippen molar-refractivity contribution in [2.45, 2.75) is 25.9 Å². The lowest BCUT2D eigenvalue weighted by atomic mass is 9.97. The van der Waals surface area contributed by atoms with Gasteiger partial charge in [-0.1, -0.05) is 13.0 Å². The van der Waals surface area contributed by atoms with Crippen LogP contribution >= 0.6 is 0 Å². The second-order valence-corrected chi connectivity index (χ2v) is 3.81. The van der Waals surface area contributed by atoms with Crippen molar-refractivity contribution in [2.75, 3.05) is 13.3 Å². The molecule has 3 N–H and O–H groups in total. The molecule has 1 aromatic rings. The van der Waals surface area contributed by atoms with Crippen LogP contribution in [-0.4, -0.2) is 18.4 Å². The summed E-state index contributed by atoms with van der Waals surface area (Å²) >= 11 is 0. The lowest BCUT2D eigenvalue weighted by Crippen LogP contribution is -2.09. The number of nitrogens with two attached hydrogens (primary N) is 1. The molecule has 1 aliphatic heterocycles. The molecule has 0 saturated heterocycles. The SMILES string of the molecule is CCc1c(C(O)CCN)ccc2c1OCO2. The third-order valence-electron chi connectivity index (χ3n) is 2.83. The van der Waals surface area contributed by atoms with Gasteiger partial charge in [0, 0.05) is 5.56 Å². The number of ether oxygens (including phenoxy) is 2. The molecule has 0 radical (unpaired) electrons. The van der Waals surface area contributed by atoms with Gasteiger partial charge < -0.3 is 20.3 Å². The Hall–Kier alpha value is -1.26. The molecule has 4 nitrogen and oxygen atoms in total. The quantitative estimate of drug-likeness (QED) is 0.809. The van der Waals surface area contributed by atoms with E-state index in [-0.39, 0.29) is 6.79 Å². The zero-order chi connectivity index (χ0) is 11.5. The maximum Gasteiger partial charge on any atom is 0.231 e. The fraction of sp³-hybridized carbons (Fsp3) is 0.500. The molecule has 0 spiro atoms. The van der Waals surface area contributed by atoms with Gasteiger partial charge >= 0.3 is 0 Å². The van der Waals surface area contributed by atoms with Crippen molar-refractivity contribution in [1.29, 1.82) is 0 Å². The van der Waals surface area contributed by atoms with Gasteiger partial charge in [0.1, 0.15) is 0 Å². The van der Waals surface area contributed by atoms with Gasteiger partial charge in [0.05, 0.1) is 6.10 Å². The predicted molar refractivity (Wildman–Crippen MR) is 60.6 cm³/mol. The highest BCUT2D eigenvalue weighted by Crippen LogP contribution is 2.39. The van der Waals surface area contributed by atoms with Gasteiger partial charge in [-0.3, -0.25) is 0 Å². The van der Waals surface area contributed by atoms with Crippen LogP contribution in [0.3, 0.4) is 0 Å². The normalized spacial score (nSPS) is 15.2. The summed E-state index contributed by atoms with van der Waals surface area (Å²) in [6.07, 6.45) is 0.852. The van der Waals surface area contributed by atoms with E-state index in [4.69, 9.17) is 15.2 Å². The molecule has 0 saturated carbocycles. The highest BCUT2D eigenvalue weighted by molar-refractivity contribution is 5.52. The predicted octanol–water partition coefficient (Wildman–Crippen LogP) is 1.36. The summed E-state index contributed by atoms with van der Waals surface area (Å²) in [5.74, 6) is 1.54. The van der Waals surface area contributed by atoms with Crippen molar-refractivity contribution < 1.29 is 14.6 Å². The number of aliphatic hydroxyl groups is 1. The van der Waals surface area contributed by atoms with Crippen molar-refractivity contribution in [3.63, 3.8) is 0 Å². The van der Waals surface area contributed by atoms with Crippen molar-refractivity contribution in [1.82, 2.24) is 0 Å². The molecule has 0 aromatic heterocycles. The zero-order valence-electron chi connectivity index (χ0n) is 9.40. The van der Waals surface area contributed by atoms with Gasteiger partial charge in [0.2, 0.25) is 6.79 Å². The Kier molecular flexibility index (Phi) is 3.31. The van der Waals surface area contributed by atoms with Crippen LogP contribution in [0.2, 0.25) is 0 Å². The van der Waals surface area contributed by atoms with Crippen molar-refractivity contribution in [2.24, 2.45) is 5.73 Å². The number of fused-ring (bicyclic) bond motifs is 1.